The molecule has 7 nitrogen and oxygen atoms in total. The summed E-state index contributed by atoms with van der Waals surface area (Å²) in [4.78, 5) is 23.6. The molecule has 1 aromatic rings. The van der Waals surface area contributed by atoms with E-state index in [9.17, 15) is 14.8 Å². The predicted octanol–water partition coefficient (Wildman–Crippen LogP) is 0.503. The third-order valence-electron chi connectivity index (χ3n) is 3.29. The van der Waals surface area contributed by atoms with Gasteiger partial charge in [-0.2, -0.15) is 4.33 Å². The van der Waals surface area contributed by atoms with E-state index in [4.69, 9.17) is 9.47 Å². The Bertz CT molecular complexity index is 554. The maximum Gasteiger partial charge on any atom is 1.00 e. The molecule has 1 rings (SSSR count). The molecular formula is C17H23NaO7S. The maximum absolute atomic E-state index is 11.9. The molecule has 0 aliphatic carbocycles. The van der Waals surface area contributed by atoms with Crippen LogP contribution >= 0.6 is 12.0 Å². The molecule has 9 heteroatoms. The Morgan fingerprint density at radius 3 is 2.38 bits per heavy atom. The molecule has 0 radical (unpaired) electrons. The molecule has 0 amide bonds. The molecule has 0 saturated carbocycles. The Kier molecular flexibility index (Phi) is 15.1. The number of ether oxygens (including phenoxy) is 2. The monoisotopic (exact) mass is 394 g/mol. The average molecular weight is 394 g/mol. The fraction of sp³-hybridized carbons (Fsp3) is 0.529. The first-order valence-electron chi connectivity index (χ1n) is 8.23. The van der Waals surface area contributed by atoms with Gasteiger partial charge in [0.2, 0.25) is 0 Å². The Morgan fingerprint density at radius 2 is 1.73 bits per heavy atom. The second kappa shape index (κ2) is 15.4. The molecular weight excluding hydrogens is 371 g/mol. The molecule has 0 saturated heterocycles. The van der Waals surface area contributed by atoms with Crippen LogP contribution in [0.2, 0.25) is 0 Å². The number of hydrogen-bond donors (Lipinski definition) is 0. The van der Waals surface area contributed by atoms with Gasteiger partial charge in [0.1, 0.15) is 0 Å². The van der Waals surface area contributed by atoms with Gasteiger partial charge in [-0.3, -0.25) is 14.6 Å². The Labute approximate surface area is 180 Å². The minimum absolute atomic E-state index is 0. The van der Waals surface area contributed by atoms with E-state index in [0.717, 1.165) is 19.3 Å². The fourth-order valence-electron chi connectivity index (χ4n) is 2.14. The number of unbranched alkanes of at least 4 members (excludes halogenated alkanes) is 5. The van der Waals surface area contributed by atoms with Crippen molar-refractivity contribution in [1.82, 2.24) is 0 Å². The van der Waals surface area contributed by atoms with E-state index in [1.54, 1.807) is 6.07 Å². The fourth-order valence-corrected chi connectivity index (χ4v) is 2.52. The summed E-state index contributed by atoms with van der Waals surface area (Å²) in [5, 5.41) is 13.1. The minimum atomic E-state index is -0.559. The van der Waals surface area contributed by atoms with Crippen LogP contribution in [0, 0.1) is 0 Å². The molecule has 0 N–H and O–H groups in total. The van der Waals surface area contributed by atoms with E-state index in [2.05, 4.69) is 16.3 Å². The number of carbonyl (C=O) groups excluding carboxylic acids is 2. The molecule has 0 bridgehead atoms. The maximum atomic E-state index is 11.9. The zero-order valence-corrected chi connectivity index (χ0v) is 18.3. The molecule has 26 heavy (non-hydrogen) atoms. The zero-order valence-electron chi connectivity index (χ0n) is 15.4. The number of esters is 2. The summed E-state index contributed by atoms with van der Waals surface area (Å²) in [6, 6.07) is 4.43. The third kappa shape index (κ3) is 11.2. The van der Waals surface area contributed by atoms with Crippen LogP contribution in [0.3, 0.4) is 0 Å². The summed E-state index contributed by atoms with van der Waals surface area (Å²) < 4.78 is 14.5. The van der Waals surface area contributed by atoms with Crippen molar-refractivity contribution in [3.05, 3.63) is 18.2 Å². The smallest absolute Gasteiger partial charge is 0.691 e. The number of carbonyl (C=O) groups is 2. The third-order valence-corrected chi connectivity index (χ3v) is 3.86. The van der Waals surface area contributed by atoms with Crippen molar-refractivity contribution in [1.29, 1.82) is 0 Å². The second-order valence-corrected chi connectivity index (χ2v) is 6.19. The van der Waals surface area contributed by atoms with Gasteiger partial charge in [-0.15, -0.1) is 0 Å². The standard InChI is InChI=1S/C17H24O7S.Na/c1-3-4-5-6-7-8-9-17(19)22-15-11-10-14(25-24-23-20)12-16(15)21-13(2)18;/h10-12,20H,3-9H2,1-2H3;/q;+1/p-1. The number of hydrogen-bond acceptors (Lipinski definition) is 8. The van der Waals surface area contributed by atoms with Gasteiger partial charge in [0, 0.05) is 24.3 Å². The van der Waals surface area contributed by atoms with Crippen LogP contribution in [0.5, 0.6) is 11.5 Å². The van der Waals surface area contributed by atoms with Crippen LogP contribution in [0.25, 0.3) is 0 Å². The second-order valence-electron chi connectivity index (χ2n) is 5.41. The first kappa shape index (κ1) is 25.4. The number of benzene rings is 1. The molecule has 0 atom stereocenters. The molecule has 0 heterocycles. The summed E-state index contributed by atoms with van der Waals surface area (Å²) >= 11 is 0.646. The van der Waals surface area contributed by atoms with Crippen molar-refractivity contribution in [3.63, 3.8) is 0 Å². The van der Waals surface area contributed by atoms with E-state index >= 15 is 0 Å². The van der Waals surface area contributed by atoms with Gasteiger partial charge in [0.25, 0.3) is 0 Å². The Hall–Kier alpha value is -0.610. The van der Waals surface area contributed by atoms with Gasteiger partial charge in [0.15, 0.2) is 11.5 Å². The molecule has 140 valence electrons. The van der Waals surface area contributed by atoms with Crippen molar-refractivity contribution in [2.75, 3.05) is 0 Å². The largest absolute Gasteiger partial charge is 1.00 e. The normalized spacial score (nSPS) is 10.1. The van der Waals surface area contributed by atoms with Gasteiger partial charge >= 0.3 is 41.5 Å². The van der Waals surface area contributed by atoms with Gasteiger partial charge in [-0.1, -0.05) is 39.0 Å². The Balaban J connectivity index is 0.00000625. The molecule has 0 aliphatic rings. The van der Waals surface area contributed by atoms with Crippen LogP contribution in [-0.2, 0) is 19.0 Å². The molecule has 0 spiro atoms. The van der Waals surface area contributed by atoms with Crippen molar-refractivity contribution >= 4 is 24.0 Å². The minimum Gasteiger partial charge on any atom is -0.691 e. The van der Waals surface area contributed by atoms with E-state index < -0.39 is 5.97 Å². The van der Waals surface area contributed by atoms with Crippen molar-refractivity contribution in [2.45, 2.75) is 63.7 Å². The van der Waals surface area contributed by atoms with E-state index in [1.807, 2.05) is 0 Å². The van der Waals surface area contributed by atoms with Crippen LogP contribution < -0.4 is 44.3 Å². The van der Waals surface area contributed by atoms with E-state index in [0.29, 0.717) is 23.4 Å². The van der Waals surface area contributed by atoms with E-state index in [1.165, 1.54) is 38.3 Å². The SMILES string of the molecule is CCCCCCCCC(=O)Oc1ccc(SOO[O-])cc1OC(C)=O.[Na+]. The topological polar surface area (TPSA) is 94.1 Å². The van der Waals surface area contributed by atoms with Crippen LogP contribution in [0.15, 0.2) is 23.1 Å². The summed E-state index contributed by atoms with van der Waals surface area (Å²) in [5.74, 6) is -0.735. The molecule has 0 fully saturated rings. The molecule has 1 aromatic carbocycles. The first-order chi connectivity index (χ1) is 12.1. The zero-order chi connectivity index (χ0) is 18.5. The molecule has 0 aliphatic heterocycles. The molecule has 0 aromatic heterocycles. The van der Waals surface area contributed by atoms with Gasteiger partial charge in [-0.05, 0) is 18.6 Å². The van der Waals surface area contributed by atoms with Gasteiger partial charge in [0.05, 0.1) is 12.0 Å². The first-order valence-corrected chi connectivity index (χ1v) is 8.97. The van der Waals surface area contributed by atoms with Crippen molar-refractivity contribution < 1.29 is 63.2 Å². The van der Waals surface area contributed by atoms with Gasteiger partial charge in [-0.25, -0.2) is 0 Å². The quantitative estimate of drug-likeness (QED) is 0.0962. The van der Waals surface area contributed by atoms with Crippen LogP contribution in [-0.4, -0.2) is 11.9 Å². The summed E-state index contributed by atoms with van der Waals surface area (Å²) in [5.41, 5.74) is 0. The predicted molar refractivity (Wildman–Crippen MR) is 89.4 cm³/mol. The summed E-state index contributed by atoms with van der Waals surface area (Å²) in [7, 11) is 0. The van der Waals surface area contributed by atoms with Crippen molar-refractivity contribution in [3.8, 4) is 11.5 Å². The number of rotatable bonds is 12. The summed E-state index contributed by atoms with van der Waals surface area (Å²) in [6.07, 6.45) is 6.71. The van der Waals surface area contributed by atoms with Gasteiger partial charge < -0.3 is 14.7 Å². The Morgan fingerprint density at radius 1 is 1.04 bits per heavy atom. The van der Waals surface area contributed by atoms with E-state index in [-0.39, 0.29) is 47.0 Å². The summed E-state index contributed by atoms with van der Waals surface area (Å²) in [6.45, 7) is 3.39. The van der Waals surface area contributed by atoms with Crippen molar-refractivity contribution in [2.24, 2.45) is 0 Å². The van der Waals surface area contributed by atoms with Crippen LogP contribution in [0.1, 0.15) is 58.8 Å². The average Bonchev–Trinajstić information content (AvgIpc) is 2.57. The molecule has 0 unspecified atom stereocenters. The van der Waals surface area contributed by atoms with Crippen LogP contribution in [0.4, 0.5) is 0 Å².